The van der Waals surface area contributed by atoms with Crippen LogP contribution < -0.4 is 19.4 Å². The van der Waals surface area contributed by atoms with Gasteiger partial charge in [-0.25, -0.2) is 0 Å². The van der Waals surface area contributed by atoms with E-state index in [1.165, 1.54) is 5.56 Å². The highest BCUT2D eigenvalue weighted by Crippen LogP contribution is 2.51. The predicted octanol–water partition coefficient (Wildman–Crippen LogP) is 16.4. The van der Waals surface area contributed by atoms with Crippen LogP contribution in [0.15, 0.2) is 266 Å². The Morgan fingerprint density at radius 1 is 0.344 bits per heavy atom. The number of anilines is 8. The van der Waals surface area contributed by atoms with Gasteiger partial charge in [-0.3, -0.25) is 0 Å². The molecule has 0 radical (unpaired) electrons. The zero-order valence-electron chi connectivity index (χ0n) is 35.3. The number of nitrogens with zero attached hydrogens (tertiary/aromatic N) is 3. The maximum Gasteiger partial charge on any atom is 0.138 e. The van der Waals surface area contributed by atoms with E-state index in [4.69, 9.17) is 4.74 Å². The molecule has 0 saturated carbocycles. The molecule has 306 valence electrons. The lowest BCUT2D eigenvalue weighted by atomic mass is 9.89. The predicted molar refractivity (Wildman–Crippen MR) is 266 cm³/mol. The highest BCUT2D eigenvalue weighted by molar-refractivity contribution is 5.88. The third-order valence-electron chi connectivity index (χ3n) is 12.1. The zero-order chi connectivity index (χ0) is 42.7. The van der Waals surface area contributed by atoms with Gasteiger partial charge in [0.15, 0.2) is 0 Å². The van der Waals surface area contributed by atoms with E-state index >= 15 is 0 Å². The van der Waals surface area contributed by atoms with E-state index in [-0.39, 0.29) is 5.92 Å². The van der Waals surface area contributed by atoms with Crippen LogP contribution in [0.1, 0.15) is 17.9 Å². The lowest BCUT2D eigenvalue weighted by Gasteiger charge is -2.30. The van der Waals surface area contributed by atoms with Crippen molar-refractivity contribution in [3.05, 3.63) is 272 Å². The minimum absolute atomic E-state index is 0.182. The molecule has 1 heterocycles. The fourth-order valence-electron chi connectivity index (χ4n) is 9.15. The van der Waals surface area contributed by atoms with E-state index in [1.807, 2.05) is 0 Å². The van der Waals surface area contributed by atoms with E-state index < -0.39 is 0 Å². The first-order valence-electron chi connectivity index (χ1n) is 21.9. The molecule has 1 aliphatic heterocycles. The van der Waals surface area contributed by atoms with Gasteiger partial charge in [-0.05, 0) is 114 Å². The van der Waals surface area contributed by atoms with E-state index in [0.717, 1.165) is 91.4 Å². The first-order chi connectivity index (χ1) is 31.7. The molecule has 1 atom stereocenters. The maximum absolute atomic E-state index is 6.80. The number of hydrogen-bond acceptors (Lipinski definition) is 4. The van der Waals surface area contributed by atoms with Crippen molar-refractivity contribution in [1.82, 2.24) is 0 Å². The molecule has 9 aromatic rings. The normalized spacial score (nSPS) is 13.7. The van der Waals surface area contributed by atoms with Crippen LogP contribution in [-0.4, -0.2) is 0 Å². The summed E-state index contributed by atoms with van der Waals surface area (Å²) in [6, 6.07) is 86.1. The molecule has 2 aliphatic rings. The van der Waals surface area contributed by atoms with Gasteiger partial charge >= 0.3 is 0 Å². The van der Waals surface area contributed by atoms with Crippen molar-refractivity contribution in [3.63, 3.8) is 0 Å². The summed E-state index contributed by atoms with van der Waals surface area (Å²) in [4.78, 5) is 7.03. The van der Waals surface area contributed by atoms with Crippen molar-refractivity contribution < 1.29 is 4.74 Å². The molecule has 9 aromatic carbocycles. The number of rotatable bonds is 11. The molecule has 11 rings (SSSR count). The Morgan fingerprint density at radius 3 is 1.27 bits per heavy atom. The summed E-state index contributed by atoms with van der Waals surface area (Å²) in [6.07, 6.45) is 5.45. The monoisotopic (exact) mass is 823 g/mol. The van der Waals surface area contributed by atoms with Crippen LogP contribution in [-0.2, 0) is 0 Å². The largest absolute Gasteiger partial charge is 0.460 e. The van der Waals surface area contributed by atoms with Crippen LogP contribution in [0.5, 0.6) is 5.75 Å². The van der Waals surface area contributed by atoms with Gasteiger partial charge in [-0.1, -0.05) is 158 Å². The molecule has 0 saturated heterocycles. The summed E-state index contributed by atoms with van der Waals surface area (Å²) in [6.45, 7) is 0. The molecule has 0 N–H and O–H groups in total. The number of benzene rings is 9. The summed E-state index contributed by atoms with van der Waals surface area (Å²) in [7, 11) is 0. The average Bonchev–Trinajstić information content (AvgIpc) is 3.75. The van der Waals surface area contributed by atoms with Crippen LogP contribution in [0.25, 0.3) is 22.3 Å². The molecule has 0 amide bonds. The minimum Gasteiger partial charge on any atom is -0.460 e. The quantitative estimate of drug-likeness (QED) is 0.129. The van der Waals surface area contributed by atoms with Gasteiger partial charge in [0.25, 0.3) is 0 Å². The molecule has 0 fully saturated rings. The Bertz CT molecular complexity index is 2900. The molecule has 4 heteroatoms. The van der Waals surface area contributed by atoms with E-state index in [2.05, 4.69) is 270 Å². The smallest absolute Gasteiger partial charge is 0.138 e. The van der Waals surface area contributed by atoms with Gasteiger partial charge in [-0.2, -0.15) is 0 Å². The number of hydrogen-bond donors (Lipinski definition) is 0. The SMILES string of the molecule is C1=C2Oc3c(-c4ccccc4)cccc3C2CC=C1N(c1ccccc1)c1ccc(-c2cc(N(c3ccccc3)c3ccccc3)cc(N(c3ccccc3)c3ccccc3)c2)cc1. The average molecular weight is 824 g/mol. The lowest BCUT2D eigenvalue weighted by molar-refractivity contribution is 0.425. The standard InChI is InChI=1S/C60H45N3O/c1-7-20-45(21-8-1)56-32-19-33-58-57-39-38-53(43-59(57)64-60(56)58)61(47-22-9-2-10-23-47)52-36-34-44(35-37-52)46-40-54(62(48-24-11-3-12-25-48)49-26-13-4-14-27-49)42-55(41-46)63(50-28-15-5-16-29-50)51-30-17-6-18-31-51/h1-38,40-43,57H,39H2. The molecule has 0 bridgehead atoms. The van der Waals surface area contributed by atoms with E-state index in [1.54, 1.807) is 0 Å². The van der Waals surface area contributed by atoms with E-state index in [9.17, 15) is 0 Å². The Kier molecular flexibility index (Phi) is 10.4. The molecular formula is C60H45N3O. The van der Waals surface area contributed by atoms with E-state index in [0.29, 0.717) is 0 Å². The van der Waals surface area contributed by atoms with Crippen LogP contribution in [0.3, 0.4) is 0 Å². The minimum atomic E-state index is 0.182. The third kappa shape index (κ3) is 7.52. The van der Waals surface area contributed by atoms with Gasteiger partial charge < -0.3 is 19.4 Å². The van der Waals surface area contributed by atoms with Gasteiger partial charge in [0.05, 0.1) is 0 Å². The fraction of sp³-hybridized carbons (Fsp3) is 0.0333. The van der Waals surface area contributed by atoms with Crippen LogP contribution >= 0.6 is 0 Å². The Morgan fingerprint density at radius 2 is 0.781 bits per heavy atom. The van der Waals surface area contributed by atoms with Crippen LogP contribution in [0, 0.1) is 0 Å². The van der Waals surface area contributed by atoms with Crippen molar-refractivity contribution in [2.45, 2.75) is 12.3 Å². The third-order valence-corrected chi connectivity index (χ3v) is 12.1. The number of para-hydroxylation sites is 6. The maximum atomic E-state index is 6.80. The highest BCUT2D eigenvalue weighted by atomic mass is 16.5. The van der Waals surface area contributed by atoms with Gasteiger partial charge in [0.2, 0.25) is 0 Å². The summed E-state index contributed by atoms with van der Waals surface area (Å²) in [5.74, 6) is 2.13. The fourth-order valence-corrected chi connectivity index (χ4v) is 9.15. The summed E-state index contributed by atoms with van der Waals surface area (Å²) in [5.41, 5.74) is 15.4. The van der Waals surface area contributed by atoms with Gasteiger partial charge in [0.1, 0.15) is 11.5 Å². The zero-order valence-corrected chi connectivity index (χ0v) is 35.3. The molecule has 64 heavy (non-hydrogen) atoms. The molecular weight excluding hydrogens is 779 g/mol. The van der Waals surface area contributed by atoms with Crippen molar-refractivity contribution in [3.8, 4) is 28.0 Å². The second kappa shape index (κ2) is 17.2. The summed E-state index contributed by atoms with van der Waals surface area (Å²) < 4.78 is 6.80. The van der Waals surface area contributed by atoms with Crippen molar-refractivity contribution in [1.29, 1.82) is 0 Å². The first-order valence-corrected chi connectivity index (χ1v) is 21.9. The van der Waals surface area contributed by atoms with Crippen molar-refractivity contribution in [2.75, 3.05) is 14.7 Å². The summed E-state index contributed by atoms with van der Waals surface area (Å²) in [5, 5.41) is 0. The Balaban J connectivity index is 1.01. The molecule has 1 unspecified atom stereocenters. The first kappa shape index (κ1) is 38.6. The van der Waals surface area contributed by atoms with Gasteiger partial charge in [-0.15, -0.1) is 0 Å². The molecule has 4 nitrogen and oxygen atoms in total. The van der Waals surface area contributed by atoms with Crippen molar-refractivity contribution >= 4 is 45.5 Å². The lowest BCUT2D eigenvalue weighted by Crippen LogP contribution is -2.18. The van der Waals surface area contributed by atoms with Crippen LogP contribution in [0.4, 0.5) is 45.5 Å². The number of ether oxygens (including phenoxy) is 1. The molecule has 0 aromatic heterocycles. The second-order valence-corrected chi connectivity index (χ2v) is 16.1. The number of fused-ring (bicyclic) bond motifs is 3. The highest BCUT2D eigenvalue weighted by Gasteiger charge is 2.34. The Hall–Kier alpha value is -8.34. The number of allylic oxidation sites excluding steroid dienone is 3. The second-order valence-electron chi connectivity index (χ2n) is 16.1. The molecule has 0 spiro atoms. The Labute approximate surface area is 375 Å². The molecule has 1 aliphatic carbocycles. The van der Waals surface area contributed by atoms with Gasteiger partial charge in [0, 0.05) is 74.3 Å². The van der Waals surface area contributed by atoms with Crippen molar-refractivity contribution in [2.24, 2.45) is 0 Å². The van der Waals surface area contributed by atoms with Crippen LogP contribution in [0.2, 0.25) is 0 Å². The topological polar surface area (TPSA) is 19.0 Å². The summed E-state index contributed by atoms with van der Waals surface area (Å²) >= 11 is 0.